The van der Waals surface area contributed by atoms with Crippen LogP contribution in [0.25, 0.3) is 10.8 Å². The summed E-state index contributed by atoms with van der Waals surface area (Å²) < 4.78 is 0. The molecule has 0 spiro atoms. The summed E-state index contributed by atoms with van der Waals surface area (Å²) in [6, 6.07) is 19.2. The van der Waals surface area contributed by atoms with Gasteiger partial charge in [0.05, 0.1) is 0 Å². The van der Waals surface area contributed by atoms with Gasteiger partial charge in [-0.3, -0.25) is 14.4 Å². The molecule has 0 radical (unpaired) electrons. The summed E-state index contributed by atoms with van der Waals surface area (Å²) in [5, 5.41) is 7.90. The van der Waals surface area contributed by atoms with E-state index in [1.54, 1.807) is 6.07 Å². The van der Waals surface area contributed by atoms with Crippen LogP contribution in [0.3, 0.4) is 0 Å². The van der Waals surface area contributed by atoms with Crippen LogP contribution >= 0.6 is 0 Å². The van der Waals surface area contributed by atoms with Crippen molar-refractivity contribution in [3.05, 3.63) is 71.8 Å². The van der Waals surface area contributed by atoms with Crippen LogP contribution in [-0.4, -0.2) is 35.7 Å². The number of piperidine rings is 1. The fourth-order valence-corrected chi connectivity index (χ4v) is 4.28. The zero-order valence-corrected chi connectivity index (χ0v) is 19.9. The second-order valence-electron chi connectivity index (χ2n) is 9.26. The molecule has 0 atom stereocenters. The van der Waals surface area contributed by atoms with Crippen molar-refractivity contribution in [2.24, 2.45) is 11.8 Å². The van der Waals surface area contributed by atoms with Gasteiger partial charge >= 0.3 is 0 Å². The molecule has 0 saturated carbocycles. The van der Waals surface area contributed by atoms with E-state index in [1.165, 1.54) is 0 Å². The first-order valence-corrected chi connectivity index (χ1v) is 11.8. The maximum absolute atomic E-state index is 13.2. The third kappa shape index (κ3) is 5.11. The minimum atomic E-state index is -0.162. The van der Waals surface area contributed by atoms with E-state index in [-0.39, 0.29) is 29.6 Å². The van der Waals surface area contributed by atoms with E-state index in [9.17, 15) is 14.4 Å². The fourth-order valence-electron chi connectivity index (χ4n) is 4.28. The second kappa shape index (κ2) is 10.1. The zero-order valence-electron chi connectivity index (χ0n) is 19.9. The van der Waals surface area contributed by atoms with Gasteiger partial charge in [-0.25, -0.2) is 0 Å². The van der Waals surface area contributed by atoms with Gasteiger partial charge in [0.2, 0.25) is 11.8 Å². The van der Waals surface area contributed by atoms with Crippen LogP contribution in [0.4, 0.5) is 11.4 Å². The van der Waals surface area contributed by atoms with Crippen molar-refractivity contribution in [2.75, 3.05) is 23.7 Å². The molecular formula is C28H31N3O3. The van der Waals surface area contributed by atoms with Crippen molar-refractivity contribution in [2.45, 2.75) is 33.6 Å². The van der Waals surface area contributed by atoms with Crippen LogP contribution in [0.5, 0.6) is 0 Å². The van der Waals surface area contributed by atoms with Crippen molar-refractivity contribution in [3.63, 3.8) is 0 Å². The molecule has 176 valence electrons. The number of anilines is 2. The predicted octanol–water partition coefficient (Wildman–Crippen LogP) is 5.23. The molecule has 1 aliphatic rings. The van der Waals surface area contributed by atoms with Gasteiger partial charge in [0.15, 0.2) is 0 Å². The quantitative estimate of drug-likeness (QED) is 0.550. The van der Waals surface area contributed by atoms with Gasteiger partial charge in [0.25, 0.3) is 5.91 Å². The lowest BCUT2D eigenvalue weighted by molar-refractivity contribution is -0.121. The van der Waals surface area contributed by atoms with Crippen molar-refractivity contribution >= 4 is 39.9 Å². The number of amides is 3. The number of nitrogens with zero attached hydrogens (tertiary/aromatic N) is 1. The molecule has 2 N–H and O–H groups in total. The summed E-state index contributed by atoms with van der Waals surface area (Å²) in [4.78, 5) is 40.0. The predicted molar refractivity (Wildman–Crippen MR) is 136 cm³/mol. The largest absolute Gasteiger partial charge is 0.339 e. The molecule has 0 unspecified atom stereocenters. The molecule has 1 fully saturated rings. The lowest BCUT2D eigenvalue weighted by atomic mass is 9.94. The molecule has 1 heterocycles. The lowest BCUT2D eigenvalue weighted by Gasteiger charge is -2.31. The average Bonchev–Trinajstić information content (AvgIpc) is 2.85. The van der Waals surface area contributed by atoms with E-state index in [4.69, 9.17) is 0 Å². The number of aryl methyl sites for hydroxylation is 1. The van der Waals surface area contributed by atoms with Gasteiger partial charge in [0.1, 0.15) is 0 Å². The number of benzene rings is 3. The van der Waals surface area contributed by atoms with Crippen LogP contribution in [0.15, 0.2) is 60.7 Å². The summed E-state index contributed by atoms with van der Waals surface area (Å²) in [5.74, 6) is -0.386. The average molecular weight is 458 g/mol. The highest BCUT2D eigenvalue weighted by Gasteiger charge is 2.28. The van der Waals surface area contributed by atoms with Crippen LogP contribution in [0, 0.1) is 18.8 Å². The Kier molecular flexibility index (Phi) is 6.96. The highest BCUT2D eigenvalue weighted by molar-refractivity contribution is 6.07. The molecule has 1 aliphatic heterocycles. The van der Waals surface area contributed by atoms with E-state index in [1.807, 2.05) is 80.3 Å². The second-order valence-corrected chi connectivity index (χ2v) is 9.26. The van der Waals surface area contributed by atoms with Crippen LogP contribution in [0.1, 0.15) is 42.6 Å². The molecule has 1 saturated heterocycles. The monoisotopic (exact) mass is 457 g/mol. The Balaban J connectivity index is 1.38. The first-order chi connectivity index (χ1) is 16.3. The summed E-state index contributed by atoms with van der Waals surface area (Å²) in [5.41, 5.74) is 2.99. The van der Waals surface area contributed by atoms with Gasteiger partial charge in [-0.1, -0.05) is 56.3 Å². The van der Waals surface area contributed by atoms with E-state index < -0.39 is 0 Å². The number of hydrogen-bond donors (Lipinski definition) is 2. The molecule has 4 rings (SSSR count). The van der Waals surface area contributed by atoms with E-state index in [2.05, 4.69) is 10.6 Å². The molecule has 0 bridgehead atoms. The van der Waals surface area contributed by atoms with Crippen molar-refractivity contribution in [1.82, 2.24) is 4.90 Å². The molecule has 34 heavy (non-hydrogen) atoms. The highest BCUT2D eigenvalue weighted by Crippen LogP contribution is 2.26. The number of rotatable bonds is 5. The number of nitrogens with one attached hydrogen (secondary N) is 2. The maximum Gasteiger partial charge on any atom is 0.254 e. The Morgan fingerprint density at radius 2 is 1.62 bits per heavy atom. The summed E-state index contributed by atoms with van der Waals surface area (Å²) in [6.45, 7) is 6.69. The summed E-state index contributed by atoms with van der Waals surface area (Å²) >= 11 is 0. The third-order valence-electron chi connectivity index (χ3n) is 6.46. The van der Waals surface area contributed by atoms with Crippen LogP contribution < -0.4 is 10.6 Å². The van der Waals surface area contributed by atoms with Gasteiger partial charge < -0.3 is 15.5 Å². The Labute approximate surface area is 200 Å². The van der Waals surface area contributed by atoms with Crippen LogP contribution in [0.2, 0.25) is 0 Å². The molecule has 6 nitrogen and oxygen atoms in total. The first-order valence-electron chi connectivity index (χ1n) is 11.8. The number of likely N-dealkylation sites (tertiary alicyclic amines) is 1. The van der Waals surface area contributed by atoms with E-state index in [0.717, 1.165) is 16.3 Å². The highest BCUT2D eigenvalue weighted by atomic mass is 16.2. The molecule has 3 aromatic carbocycles. The first kappa shape index (κ1) is 23.5. The third-order valence-corrected chi connectivity index (χ3v) is 6.46. The van der Waals surface area contributed by atoms with Crippen molar-refractivity contribution in [1.29, 1.82) is 0 Å². The number of hydrogen-bond acceptors (Lipinski definition) is 3. The molecule has 3 aromatic rings. The Morgan fingerprint density at radius 1 is 0.912 bits per heavy atom. The zero-order chi connectivity index (χ0) is 24.2. The molecule has 0 aliphatic carbocycles. The molecule has 6 heteroatoms. The van der Waals surface area contributed by atoms with E-state index >= 15 is 0 Å². The Bertz CT molecular complexity index is 1220. The number of fused-ring (bicyclic) bond motifs is 1. The lowest BCUT2D eigenvalue weighted by Crippen LogP contribution is -2.41. The molecular weight excluding hydrogens is 426 g/mol. The van der Waals surface area contributed by atoms with Gasteiger partial charge in [-0.05, 0) is 54.3 Å². The van der Waals surface area contributed by atoms with Crippen molar-refractivity contribution < 1.29 is 14.4 Å². The van der Waals surface area contributed by atoms with Crippen LogP contribution in [-0.2, 0) is 9.59 Å². The molecule has 0 aromatic heterocycles. The number of carbonyl (C=O) groups is 3. The van der Waals surface area contributed by atoms with Gasteiger partial charge in [-0.2, -0.15) is 0 Å². The Hall–Kier alpha value is -3.67. The Morgan fingerprint density at radius 3 is 2.35 bits per heavy atom. The minimum Gasteiger partial charge on any atom is -0.339 e. The SMILES string of the molecule is Cc1ccc(NC(=O)C(C)C)cc1NC(=O)C1CCN(C(=O)c2cccc3ccccc23)CC1. The smallest absolute Gasteiger partial charge is 0.254 e. The summed E-state index contributed by atoms with van der Waals surface area (Å²) in [7, 11) is 0. The minimum absolute atomic E-state index is 0.0140. The molecule has 3 amide bonds. The fraction of sp³-hybridized carbons (Fsp3) is 0.321. The van der Waals surface area contributed by atoms with Crippen molar-refractivity contribution in [3.8, 4) is 0 Å². The van der Waals surface area contributed by atoms with Gasteiger partial charge in [-0.15, -0.1) is 0 Å². The number of carbonyl (C=O) groups excluding carboxylic acids is 3. The van der Waals surface area contributed by atoms with E-state index in [0.29, 0.717) is 42.9 Å². The standard InChI is InChI=1S/C28H31N3O3/c1-18(2)26(32)29-22-12-11-19(3)25(17-22)30-27(33)21-13-15-31(16-14-21)28(34)24-10-6-8-20-7-4-5-9-23(20)24/h4-12,17-18,21H,13-16H2,1-3H3,(H,29,32)(H,30,33). The topological polar surface area (TPSA) is 78.5 Å². The maximum atomic E-state index is 13.2. The summed E-state index contributed by atoms with van der Waals surface area (Å²) in [6.07, 6.45) is 1.23. The normalized spacial score (nSPS) is 14.3. The van der Waals surface area contributed by atoms with Gasteiger partial charge in [0, 0.05) is 41.9 Å².